The predicted molar refractivity (Wildman–Crippen MR) is 77.5 cm³/mol. The van der Waals surface area contributed by atoms with Gasteiger partial charge in [-0.3, -0.25) is 29.4 Å². The van der Waals surface area contributed by atoms with Crippen molar-refractivity contribution in [2.24, 2.45) is 0 Å². The second-order valence-corrected chi connectivity index (χ2v) is 5.41. The third kappa shape index (κ3) is 2.41. The largest absolute Gasteiger partial charge is 0.379 e. The standard InChI is InChI=1S/C15H13F2N3O4/c16-5-6-18-12-8(17)2-1-7-11(12)15(24)20(14(7)23)9-3-4-10(21)19-13(9)22/h1-2,9,18H,3-6H2,(H,19,21,22). The Kier molecular flexibility index (Phi) is 4.00. The Morgan fingerprint density at radius 2 is 1.96 bits per heavy atom. The fourth-order valence-corrected chi connectivity index (χ4v) is 2.88. The molecule has 4 amide bonds. The van der Waals surface area contributed by atoms with Crippen LogP contribution >= 0.6 is 0 Å². The van der Waals surface area contributed by atoms with Crippen LogP contribution in [0.4, 0.5) is 14.5 Å². The quantitative estimate of drug-likeness (QED) is 0.785. The molecule has 1 aromatic carbocycles. The van der Waals surface area contributed by atoms with Crippen molar-refractivity contribution in [2.45, 2.75) is 18.9 Å². The van der Waals surface area contributed by atoms with Crippen molar-refractivity contribution in [3.8, 4) is 0 Å². The number of carbonyl (C=O) groups excluding carboxylic acids is 4. The Labute approximate surface area is 135 Å². The number of fused-ring (bicyclic) bond motifs is 1. The third-order valence-electron chi connectivity index (χ3n) is 3.95. The van der Waals surface area contributed by atoms with Crippen LogP contribution in [0.2, 0.25) is 0 Å². The number of nitrogens with zero attached hydrogens (tertiary/aromatic N) is 1. The van der Waals surface area contributed by atoms with Crippen LogP contribution in [0.25, 0.3) is 0 Å². The maximum atomic E-state index is 14.0. The lowest BCUT2D eigenvalue weighted by Gasteiger charge is -2.27. The van der Waals surface area contributed by atoms with Crippen LogP contribution in [-0.4, -0.2) is 47.8 Å². The molecule has 2 heterocycles. The molecule has 1 atom stereocenters. The fourth-order valence-electron chi connectivity index (χ4n) is 2.88. The smallest absolute Gasteiger partial charge is 0.264 e. The normalized spacial score (nSPS) is 20.2. The molecule has 24 heavy (non-hydrogen) atoms. The number of hydrogen-bond donors (Lipinski definition) is 2. The van der Waals surface area contributed by atoms with Crippen molar-refractivity contribution < 1.29 is 28.0 Å². The van der Waals surface area contributed by atoms with Crippen molar-refractivity contribution in [3.05, 3.63) is 29.1 Å². The summed E-state index contributed by atoms with van der Waals surface area (Å²) in [6.45, 7) is -1.02. The minimum absolute atomic E-state index is 0.00581. The fraction of sp³-hybridized carbons (Fsp3) is 0.333. The molecule has 0 spiro atoms. The Morgan fingerprint density at radius 3 is 2.62 bits per heavy atom. The van der Waals surface area contributed by atoms with Gasteiger partial charge in [-0.1, -0.05) is 0 Å². The summed E-state index contributed by atoms with van der Waals surface area (Å²) in [5.41, 5.74) is -0.552. The van der Waals surface area contributed by atoms with Crippen LogP contribution in [-0.2, 0) is 9.59 Å². The first kappa shape index (κ1) is 16.0. The molecule has 0 aromatic heterocycles. The highest BCUT2D eigenvalue weighted by atomic mass is 19.1. The van der Waals surface area contributed by atoms with E-state index in [9.17, 15) is 28.0 Å². The summed E-state index contributed by atoms with van der Waals surface area (Å²) in [4.78, 5) is 49.0. The molecule has 1 saturated heterocycles. The molecule has 2 N–H and O–H groups in total. The van der Waals surface area contributed by atoms with Gasteiger partial charge in [0.15, 0.2) is 0 Å². The highest BCUT2D eigenvalue weighted by Gasteiger charge is 2.46. The summed E-state index contributed by atoms with van der Waals surface area (Å²) in [5.74, 6) is -3.62. The van der Waals surface area contributed by atoms with Gasteiger partial charge in [0.2, 0.25) is 11.8 Å². The van der Waals surface area contributed by atoms with Gasteiger partial charge < -0.3 is 5.32 Å². The van der Waals surface area contributed by atoms with E-state index in [1.54, 1.807) is 0 Å². The van der Waals surface area contributed by atoms with Gasteiger partial charge in [-0.25, -0.2) is 8.78 Å². The van der Waals surface area contributed by atoms with Crippen molar-refractivity contribution in [2.75, 3.05) is 18.5 Å². The Morgan fingerprint density at radius 1 is 1.21 bits per heavy atom. The highest BCUT2D eigenvalue weighted by molar-refractivity contribution is 6.25. The van der Waals surface area contributed by atoms with Crippen molar-refractivity contribution in [1.29, 1.82) is 0 Å². The number of piperidine rings is 1. The van der Waals surface area contributed by atoms with Crippen LogP contribution in [0.15, 0.2) is 12.1 Å². The third-order valence-corrected chi connectivity index (χ3v) is 3.95. The number of rotatable bonds is 4. The van der Waals surface area contributed by atoms with E-state index in [1.807, 2.05) is 0 Å². The molecule has 2 aliphatic rings. The molecule has 9 heteroatoms. The zero-order chi connectivity index (χ0) is 17.4. The number of halogens is 2. The number of imide groups is 2. The van der Waals surface area contributed by atoms with E-state index in [4.69, 9.17) is 0 Å². The average molecular weight is 337 g/mol. The van der Waals surface area contributed by atoms with E-state index in [-0.39, 0.29) is 36.2 Å². The SMILES string of the molecule is O=C1CCC(N2C(=O)c3ccc(F)c(NCCF)c3C2=O)C(=O)N1. The van der Waals surface area contributed by atoms with Gasteiger partial charge in [0, 0.05) is 13.0 Å². The van der Waals surface area contributed by atoms with Crippen molar-refractivity contribution >= 4 is 29.3 Å². The van der Waals surface area contributed by atoms with Crippen molar-refractivity contribution in [1.82, 2.24) is 10.2 Å². The van der Waals surface area contributed by atoms with E-state index in [0.717, 1.165) is 17.0 Å². The van der Waals surface area contributed by atoms with E-state index >= 15 is 0 Å². The molecule has 2 aliphatic heterocycles. The van der Waals surface area contributed by atoms with E-state index in [1.165, 1.54) is 0 Å². The van der Waals surface area contributed by atoms with Crippen LogP contribution in [0.5, 0.6) is 0 Å². The molecule has 0 saturated carbocycles. The summed E-state index contributed by atoms with van der Waals surface area (Å²) in [6.07, 6.45) is -0.00299. The summed E-state index contributed by atoms with van der Waals surface area (Å²) in [5, 5.41) is 4.52. The van der Waals surface area contributed by atoms with Crippen LogP contribution < -0.4 is 10.6 Å². The summed E-state index contributed by atoms with van der Waals surface area (Å²) < 4.78 is 26.3. The number of anilines is 1. The molecule has 1 aromatic rings. The zero-order valence-corrected chi connectivity index (χ0v) is 12.4. The first-order valence-electron chi connectivity index (χ1n) is 7.29. The van der Waals surface area contributed by atoms with Gasteiger partial charge in [-0.15, -0.1) is 0 Å². The van der Waals surface area contributed by atoms with Gasteiger partial charge in [0.1, 0.15) is 18.5 Å². The molecule has 1 fully saturated rings. The van der Waals surface area contributed by atoms with Gasteiger partial charge in [-0.2, -0.15) is 0 Å². The molecule has 0 aliphatic carbocycles. The molecule has 1 unspecified atom stereocenters. The zero-order valence-electron chi connectivity index (χ0n) is 12.4. The number of alkyl halides is 1. The maximum absolute atomic E-state index is 14.0. The first-order valence-corrected chi connectivity index (χ1v) is 7.29. The monoisotopic (exact) mass is 337 g/mol. The van der Waals surface area contributed by atoms with E-state index in [0.29, 0.717) is 0 Å². The molecular weight excluding hydrogens is 324 g/mol. The molecule has 0 radical (unpaired) electrons. The Hall–Kier alpha value is -2.84. The number of hydrogen-bond acceptors (Lipinski definition) is 5. The average Bonchev–Trinajstić information content (AvgIpc) is 2.78. The Bertz CT molecular complexity index is 765. The summed E-state index contributed by atoms with van der Waals surface area (Å²) >= 11 is 0. The lowest BCUT2D eigenvalue weighted by molar-refractivity contribution is -0.136. The lowest BCUT2D eigenvalue weighted by atomic mass is 10.0. The predicted octanol–water partition coefficient (Wildman–Crippen LogP) is 0.608. The maximum Gasteiger partial charge on any atom is 0.264 e. The second kappa shape index (κ2) is 5.99. The second-order valence-electron chi connectivity index (χ2n) is 5.41. The molecular formula is C15H13F2N3O4. The molecule has 3 rings (SSSR count). The topological polar surface area (TPSA) is 95.6 Å². The lowest BCUT2D eigenvalue weighted by Crippen LogP contribution is -2.54. The van der Waals surface area contributed by atoms with Crippen LogP contribution in [0.3, 0.4) is 0 Å². The number of benzene rings is 1. The minimum Gasteiger partial charge on any atom is -0.379 e. The highest BCUT2D eigenvalue weighted by Crippen LogP contribution is 2.33. The van der Waals surface area contributed by atoms with Crippen LogP contribution in [0, 0.1) is 5.82 Å². The Balaban J connectivity index is 1.99. The van der Waals surface area contributed by atoms with Gasteiger partial charge in [0.05, 0.1) is 16.8 Å². The number of amides is 4. The summed E-state index contributed by atoms with van der Waals surface area (Å²) in [7, 11) is 0. The molecule has 126 valence electrons. The van der Waals surface area contributed by atoms with Gasteiger partial charge in [-0.05, 0) is 18.6 Å². The van der Waals surface area contributed by atoms with E-state index < -0.39 is 42.2 Å². The van der Waals surface area contributed by atoms with Crippen LogP contribution in [0.1, 0.15) is 33.6 Å². The van der Waals surface area contributed by atoms with Gasteiger partial charge >= 0.3 is 0 Å². The number of nitrogens with one attached hydrogen (secondary N) is 2. The molecule has 0 bridgehead atoms. The molecule has 7 nitrogen and oxygen atoms in total. The van der Waals surface area contributed by atoms with Gasteiger partial charge in [0.25, 0.3) is 11.8 Å². The summed E-state index contributed by atoms with van der Waals surface area (Å²) in [6, 6.07) is 1.02. The minimum atomic E-state index is -1.13. The van der Waals surface area contributed by atoms with E-state index in [2.05, 4.69) is 10.6 Å². The van der Waals surface area contributed by atoms with Crippen molar-refractivity contribution in [3.63, 3.8) is 0 Å². The first-order chi connectivity index (χ1) is 11.5. The number of carbonyl (C=O) groups is 4.